The number of carbonyl (C=O) groups is 1. The summed E-state index contributed by atoms with van der Waals surface area (Å²) in [6.45, 7) is 12.3. The fraction of sp³-hybridized carbons (Fsp3) is 0.304. The Labute approximate surface area is 180 Å². The molecule has 0 fully saturated rings. The van der Waals surface area contributed by atoms with Gasteiger partial charge in [-0.15, -0.1) is 0 Å². The number of benzene rings is 1. The molecule has 4 rings (SSSR count). The van der Waals surface area contributed by atoms with Crippen LogP contribution in [0.15, 0.2) is 39.9 Å². The first-order valence-electron chi connectivity index (χ1n) is 9.94. The molecule has 0 aliphatic carbocycles. The van der Waals surface area contributed by atoms with Crippen molar-refractivity contribution in [3.63, 3.8) is 0 Å². The molecule has 0 saturated carbocycles. The summed E-state index contributed by atoms with van der Waals surface area (Å²) in [5, 5.41) is 15.8. The topological polar surface area (TPSA) is 73.8 Å². The van der Waals surface area contributed by atoms with E-state index in [9.17, 15) is 4.79 Å². The third kappa shape index (κ3) is 3.33. The van der Waals surface area contributed by atoms with Gasteiger partial charge in [0.1, 0.15) is 5.04 Å². The molecular formula is C23H25N5OS. The Balaban J connectivity index is 1.76. The maximum absolute atomic E-state index is 12.7. The molecule has 154 valence electrons. The number of nitrogens with one attached hydrogen (secondary N) is 1. The second-order valence-electron chi connectivity index (χ2n) is 8.06. The molecule has 0 atom stereocenters. The van der Waals surface area contributed by atoms with Crippen molar-refractivity contribution in [3.05, 3.63) is 57.9 Å². The lowest BCUT2D eigenvalue weighted by Crippen LogP contribution is -2.35. The fourth-order valence-corrected chi connectivity index (χ4v) is 4.65. The van der Waals surface area contributed by atoms with Gasteiger partial charge in [-0.25, -0.2) is 0 Å². The van der Waals surface area contributed by atoms with E-state index < -0.39 is 5.91 Å². The number of amidine groups is 2. The number of hydrazone groups is 1. The zero-order chi connectivity index (χ0) is 21.7. The van der Waals surface area contributed by atoms with E-state index in [4.69, 9.17) is 5.41 Å². The Kier molecular flexibility index (Phi) is 5.02. The van der Waals surface area contributed by atoms with Crippen LogP contribution in [0.2, 0.25) is 0 Å². The van der Waals surface area contributed by atoms with Gasteiger partial charge >= 0.3 is 0 Å². The van der Waals surface area contributed by atoms with Crippen LogP contribution in [0.1, 0.15) is 41.9 Å². The number of fused-ring (bicyclic) bond motifs is 1. The molecular weight excluding hydrogens is 394 g/mol. The van der Waals surface area contributed by atoms with Crippen molar-refractivity contribution in [1.82, 2.24) is 9.58 Å². The van der Waals surface area contributed by atoms with Gasteiger partial charge in [-0.3, -0.25) is 10.2 Å². The van der Waals surface area contributed by atoms with Crippen LogP contribution in [0.4, 0.5) is 0 Å². The summed E-state index contributed by atoms with van der Waals surface area (Å²) in [7, 11) is 0. The number of rotatable bonds is 3. The summed E-state index contributed by atoms with van der Waals surface area (Å²) >= 11 is 1.36. The summed E-state index contributed by atoms with van der Waals surface area (Å²) in [6, 6.07) is 8.43. The number of nitrogens with zero attached hydrogens (tertiary/aromatic N) is 4. The predicted molar refractivity (Wildman–Crippen MR) is 125 cm³/mol. The summed E-state index contributed by atoms with van der Waals surface area (Å²) in [5.74, 6) is -0.102. The maximum Gasteiger partial charge on any atom is 0.283 e. The zero-order valence-electron chi connectivity index (χ0n) is 18.1. The van der Waals surface area contributed by atoms with E-state index in [1.165, 1.54) is 27.9 Å². The first-order chi connectivity index (χ1) is 14.2. The summed E-state index contributed by atoms with van der Waals surface area (Å²) in [5.41, 5.74) is 6.78. The van der Waals surface area contributed by atoms with Crippen molar-refractivity contribution in [1.29, 1.82) is 5.41 Å². The molecule has 0 saturated heterocycles. The van der Waals surface area contributed by atoms with Gasteiger partial charge in [-0.1, -0.05) is 31.5 Å². The third-order valence-corrected chi connectivity index (χ3v) is 6.54. The SMILES string of the molecule is Cc1ccc(-n2c(C)cc(C=C3C(=N)N4N=C(C(C)C)SC4=NC3=O)c2C)c(C)c1. The van der Waals surface area contributed by atoms with Crippen LogP contribution in [0.3, 0.4) is 0 Å². The molecule has 6 nitrogen and oxygen atoms in total. The second kappa shape index (κ2) is 7.40. The summed E-state index contributed by atoms with van der Waals surface area (Å²) in [6.07, 6.45) is 1.76. The molecule has 7 heteroatoms. The van der Waals surface area contributed by atoms with Crippen LogP contribution >= 0.6 is 11.8 Å². The Morgan fingerprint density at radius 3 is 2.53 bits per heavy atom. The van der Waals surface area contributed by atoms with Gasteiger partial charge in [0.2, 0.25) is 5.17 Å². The third-order valence-electron chi connectivity index (χ3n) is 5.33. The van der Waals surface area contributed by atoms with Crippen LogP contribution in [-0.2, 0) is 4.79 Å². The summed E-state index contributed by atoms with van der Waals surface area (Å²) < 4.78 is 2.19. The average molecular weight is 420 g/mol. The molecule has 30 heavy (non-hydrogen) atoms. The van der Waals surface area contributed by atoms with E-state index >= 15 is 0 Å². The largest absolute Gasteiger partial charge is 0.318 e. The van der Waals surface area contributed by atoms with Gasteiger partial charge in [-0.05, 0) is 68.8 Å². The Morgan fingerprint density at radius 2 is 1.87 bits per heavy atom. The number of aromatic nitrogens is 1. The highest BCUT2D eigenvalue weighted by atomic mass is 32.2. The van der Waals surface area contributed by atoms with Gasteiger partial charge in [0.05, 0.1) is 5.57 Å². The van der Waals surface area contributed by atoms with Crippen molar-refractivity contribution in [2.24, 2.45) is 16.0 Å². The molecule has 0 bridgehead atoms. The number of carbonyl (C=O) groups excluding carboxylic acids is 1. The molecule has 2 aliphatic rings. The standard InChI is InChI=1S/C23H25N5OS/c1-12(2)22-26-28-20(24)18(21(29)25-23(28)30-22)11-17-10-15(5)27(16(17)6)19-8-7-13(3)9-14(19)4/h7-12,24H,1-6H3. The van der Waals surface area contributed by atoms with E-state index in [0.717, 1.165) is 27.7 Å². The van der Waals surface area contributed by atoms with E-state index in [-0.39, 0.29) is 17.3 Å². The minimum atomic E-state index is -0.393. The average Bonchev–Trinajstić information content (AvgIpc) is 3.21. The predicted octanol–water partition coefficient (Wildman–Crippen LogP) is 4.99. The highest BCUT2D eigenvalue weighted by Crippen LogP contribution is 2.32. The smallest absolute Gasteiger partial charge is 0.283 e. The first-order valence-corrected chi connectivity index (χ1v) is 10.8. The van der Waals surface area contributed by atoms with Crippen molar-refractivity contribution in [2.45, 2.75) is 41.5 Å². The van der Waals surface area contributed by atoms with Crippen molar-refractivity contribution >= 4 is 39.8 Å². The Bertz CT molecular complexity index is 1180. The van der Waals surface area contributed by atoms with Crippen molar-refractivity contribution in [3.8, 4) is 5.69 Å². The van der Waals surface area contributed by atoms with Gasteiger partial charge in [0, 0.05) is 23.0 Å². The van der Waals surface area contributed by atoms with Crippen molar-refractivity contribution < 1.29 is 4.79 Å². The van der Waals surface area contributed by atoms with Gasteiger partial charge in [0.25, 0.3) is 5.91 Å². The lowest BCUT2D eigenvalue weighted by molar-refractivity contribution is -0.114. The Morgan fingerprint density at radius 1 is 1.13 bits per heavy atom. The molecule has 3 heterocycles. The highest BCUT2D eigenvalue weighted by Gasteiger charge is 2.36. The number of aliphatic imine (C=N–C) groups is 1. The van der Waals surface area contributed by atoms with Crippen LogP contribution < -0.4 is 0 Å². The van der Waals surface area contributed by atoms with Crippen LogP contribution in [-0.4, -0.2) is 31.5 Å². The molecule has 2 aromatic rings. The minimum Gasteiger partial charge on any atom is -0.318 e. The van der Waals surface area contributed by atoms with Crippen LogP contribution in [0.5, 0.6) is 0 Å². The Hall–Kier alpha value is -2.93. The normalized spacial score (nSPS) is 17.7. The molecule has 1 amide bonds. The number of aryl methyl sites for hydroxylation is 3. The zero-order valence-corrected chi connectivity index (χ0v) is 18.9. The van der Waals surface area contributed by atoms with E-state index in [1.54, 1.807) is 6.08 Å². The molecule has 1 aromatic heterocycles. The van der Waals surface area contributed by atoms with E-state index in [2.05, 4.69) is 53.6 Å². The lowest BCUT2D eigenvalue weighted by atomic mass is 10.1. The molecule has 2 aliphatic heterocycles. The quantitative estimate of drug-likeness (QED) is 0.713. The minimum absolute atomic E-state index is 0.0736. The first kappa shape index (κ1) is 20.3. The number of amides is 1. The van der Waals surface area contributed by atoms with Gasteiger partial charge in [-0.2, -0.15) is 15.1 Å². The van der Waals surface area contributed by atoms with E-state index in [1.807, 2.05) is 26.8 Å². The molecule has 0 unspecified atom stereocenters. The molecule has 1 N–H and O–H groups in total. The molecule has 0 radical (unpaired) electrons. The van der Waals surface area contributed by atoms with Crippen LogP contribution in [0.25, 0.3) is 11.8 Å². The van der Waals surface area contributed by atoms with Gasteiger partial charge < -0.3 is 4.57 Å². The number of hydrogen-bond acceptors (Lipinski definition) is 4. The maximum atomic E-state index is 12.7. The lowest BCUT2D eigenvalue weighted by Gasteiger charge is -2.20. The van der Waals surface area contributed by atoms with Crippen LogP contribution in [0, 0.1) is 39.0 Å². The summed E-state index contributed by atoms with van der Waals surface area (Å²) in [4.78, 5) is 16.9. The molecule has 1 aromatic carbocycles. The van der Waals surface area contributed by atoms with Gasteiger partial charge in [0.15, 0.2) is 5.84 Å². The highest BCUT2D eigenvalue weighted by molar-refractivity contribution is 8.27. The molecule has 0 spiro atoms. The fourth-order valence-electron chi connectivity index (χ4n) is 3.76. The monoisotopic (exact) mass is 419 g/mol. The number of thioether (sulfide) groups is 1. The second-order valence-corrected chi connectivity index (χ2v) is 9.05. The van der Waals surface area contributed by atoms with E-state index in [0.29, 0.717) is 5.17 Å². The number of hydrogen-bond donors (Lipinski definition) is 1. The van der Waals surface area contributed by atoms with Crippen molar-refractivity contribution in [2.75, 3.05) is 0 Å².